The summed E-state index contributed by atoms with van der Waals surface area (Å²) < 4.78 is 0. The van der Waals surface area contributed by atoms with Crippen LogP contribution < -0.4 is 5.73 Å². The Hall–Kier alpha value is -0.570. The van der Waals surface area contributed by atoms with E-state index in [2.05, 4.69) is 0 Å². The van der Waals surface area contributed by atoms with E-state index in [1.165, 1.54) is 0 Å². The summed E-state index contributed by atoms with van der Waals surface area (Å²) in [6, 6.07) is 7.27. The molecule has 0 saturated heterocycles. The number of nitrogens with two attached hydrogens (primary N) is 1. The van der Waals surface area contributed by atoms with Crippen molar-refractivity contribution < 1.29 is 5.11 Å². The minimum absolute atomic E-state index is 0.105. The van der Waals surface area contributed by atoms with E-state index >= 15 is 0 Å². The fourth-order valence-corrected chi connectivity index (χ4v) is 1.24. The molecule has 66 valence electrons. The Morgan fingerprint density at radius 3 is 2.83 bits per heavy atom. The van der Waals surface area contributed by atoms with E-state index in [0.717, 1.165) is 5.56 Å². The molecular weight excluding hydrogens is 174 g/mol. The van der Waals surface area contributed by atoms with E-state index in [1.807, 2.05) is 18.2 Å². The Balaban J connectivity index is 2.73. The molecule has 0 aliphatic carbocycles. The van der Waals surface area contributed by atoms with E-state index in [0.29, 0.717) is 11.4 Å². The van der Waals surface area contributed by atoms with Crippen LogP contribution in [0.2, 0.25) is 5.02 Å². The largest absolute Gasteiger partial charge is 0.396 e. The van der Waals surface area contributed by atoms with E-state index in [4.69, 9.17) is 22.4 Å². The predicted octanol–water partition coefficient (Wildman–Crippen LogP) is 1.72. The lowest BCUT2D eigenvalue weighted by Gasteiger charge is -2.09. The first-order chi connectivity index (χ1) is 5.74. The number of hydrogen-bond donors (Lipinski definition) is 2. The third-order valence-electron chi connectivity index (χ3n) is 1.72. The van der Waals surface area contributed by atoms with Crippen LogP contribution in [0.25, 0.3) is 0 Å². The molecule has 0 fully saturated rings. The molecule has 1 aromatic rings. The van der Waals surface area contributed by atoms with Gasteiger partial charge in [-0.2, -0.15) is 0 Å². The minimum Gasteiger partial charge on any atom is -0.396 e. The van der Waals surface area contributed by atoms with Crippen molar-refractivity contribution >= 4 is 11.6 Å². The number of rotatable bonds is 3. The van der Waals surface area contributed by atoms with Crippen LogP contribution in [0.4, 0.5) is 0 Å². The van der Waals surface area contributed by atoms with Gasteiger partial charge < -0.3 is 10.8 Å². The topological polar surface area (TPSA) is 46.2 Å². The molecule has 0 aromatic heterocycles. The zero-order valence-electron chi connectivity index (χ0n) is 6.70. The van der Waals surface area contributed by atoms with Gasteiger partial charge in [0.05, 0.1) is 0 Å². The molecule has 0 saturated carbocycles. The van der Waals surface area contributed by atoms with Crippen LogP contribution in [0.5, 0.6) is 0 Å². The molecule has 1 rings (SSSR count). The van der Waals surface area contributed by atoms with Crippen molar-refractivity contribution in [2.24, 2.45) is 5.73 Å². The summed E-state index contributed by atoms with van der Waals surface area (Å²) in [6.07, 6.45) is 0.570. The fraction of sp³-hybridized carbons (Fsp3) is 0.333. The van der Waals surface area contributed by atoms with Crippen molar-refractivity contribution in [3.05, 3.63) is 34.9 Å². The van der Waals surface area contributed by atoms with Crippen molar-refractivity contribution in [2.75, 3.05) is 6.61 Å². The summed E-state index contributed by atoms with van der Waals surface area (Å²) in [4.78, 5) is 0. The molecule has 1 aromatic carbocycles. The van der Waals surface area contributed by atoms with Crippen LogP contribution in [-0.2, 0) is 0 Å². The van der Waals surface area contributed by atoms with E-state index in [-0.39, 0.29) is 12.6 Å². The average Bonchev–Trinajstić information content (AvgIpc) is 2.05. The summed E-state index contributed by atoms with van der Waals surface area (Å²) in [5.41, 5.74) is 6.72. The van der Waals surface area contributed by atoms with Crippen LogP contribution in [0.1, 0.15) is 18.0 Å². The molecule has 0 amide bonds. The third-order valence-corrected chi connectivity index (χ3v) is 1.95. The molecule has 1 atom stereocenters. The first kappa shape index (κ1) is 9.52. The maximum atomic E-state index is 8.65. The van der Waals surface area contributed by atoms with Crippen LogP contribution in [-0.4, -0.2) is 11.7 Å². The minimum atomic E-state index is -0.117. The molecule has 0 spiro atoms. The first-order valence-corrected chi connectivity index (χ1v) is 4.23. The molecule has 2 nitrogen and oxygen atoms in total. The van der Waals surface area contributed by atoms with E-state index in [1.54, 1.807) is 6.07 Å². The van der Waals surface area contributed by atoms with Gasteiger partial charge >= 0.3 is 0 Å². The number of aliphatic hydroxyl groups is 1. The monoisotopic (exact) mass is 185 g/mol. The Morgan fingerprint density at radius 2 is 2.25 bits per heavy atom. The number of hydrogen-bond acceptors (Lipinski definition) is 2. The van der Waals surface area contributed by atoms with Gasteiger partial charge in [-0.05, 0) is 24.1 Å². The van der Waals surface area contributed by atoms with Gasteiger partial charge in [-0.25, -0.2) is 0 Å². The van der Waals surface area contributed by atoms with Gasteiger partial charge in [0.2, 0.25) is 0 Å². The molecule has 12 heavy (non-hydrogen) atoms. The quantitative estimate of drug-likeness (QED) is 0.754. The van der Waals surface area contributed by atoms with Gasteiger partial charge in [0.15, 0.2) is 0 Å². The molecule has 0 radical (unpaired) electrons. The van der Waals surface area contributed by atoms with Gasteiger partial charge in [-0.1, -0.05) is 23.7 Å². The van der Waals surface area contributed by atoms with Crippen LogP contribution >= 0.6 is 11.6 Å². The Morgan fingerprint density at radius 1 is 1.50 bits per heavy atom. The molecular formula is C9H12ClNO. The lowest BCUT2D eigenvalue weighted by molar-refractivity contribution is 0.276. The highest BCUT2D eigenvalue weighted by Gasteiger charge is 2.04. The summed E-state index contributed by atoms with van der Waals surface area (Å²) in [5, 5.41) is 9.34. The second-order valence-electron chi connectivity index (χ2n) is 2.67. The van der Waals surface area contributed by atoms with Crippen molar-refractivity contribution in [2.45, 2.75) is 12.5 Å². The standard InChI is InChI=1S/C9H12ClNO/c10-8-3-1-2-7(6-8)9(11)4-5-12/h1-3,6,9,12H,4-5,11H2/t9-/m0/s1. The van der Waals surface area contributed by atoms with Gasteiger partial charge in [0.1, 0.15) is 0 Å². The highest BCUT2D eigenvalue weighted by Crippen LogP contribution is 2.17. The molecule has 0 bridgehead atoms. The number of benzene rings is 1. The summed E-state index contributed by atoms with van der Waals surface area (Å²) in [7, 11) is 0. The highest BCUT2D eigenvalue weighted by molar-refractivity contribution is 6.30. The molecule has 0 aliphatic heterocycles. The van der Waals surface area contributed by atoms with Gasteiger partial charge in [-0.15, -0.1) is 0 Å². The normalized spacial score (nSPS) is 12.9. The number of aliphatic hydroxyl groups excluding tert-OH is 1. The SMILES string of the molecule is N[C@@H](CCO)c1cccc(Cl)c1. The average molecular weight is 186 g/mol. The highest BCUT2D eigenvalue weighted by atomic mass is 35.5. The van der Waals surface area contributed by atoms with Gasteiger partial charge in [0.25, 0.3) is 0 Å². The van der Waals surface area contributed by atoms with Crippen LogP contribution in [0.15, 0.2) is 24.3 Å². The smallest absolute Gasteiger partial charge is 0.0449 e. The molecule has 0 aliphatic rings. The molecule has 0 heterocycles. The Labute approximate surface area is 77.0 Å². The third kappa shape index (κ3) is 2.48. The van der Waals surface area contributed by atoms with Crippen molar-refractivity contribution in [3.8, 4) is 0 Å². The van der Waals surface area contributed by atoms with Crippen molar-refractivity contribution in [1.82, 2.24) is 0 Å². The van der Waals surface area contributed by atoms with Gasteiger partial charge in [0, 0.05) is 17.7 Å². The maximum Gasteiger partial charge on any atom is 0.0449 e. The second-order valence-corrected chi connectivity index (χ2v) is 3.11. The lowest BCUT2D eigenvalue weighted by atomic mass is 10.1. The second kappa shape index (κ2) is 4.45. The molecule has 3 N–H and O–H groups in total. The van der Waals surface area contributed by atoms with Crippen molar-refractivity contribution in [3.63, 3.8) is 0 Å². The number of halogens is 1. The first-order valence-electron chi connectivity index (χ1n) is 3.86. The Bertz CT molecular complexity index is 252. The fourth-order valence-electron chi connectivity index (χ4n) is 1.04. The van der Waals surface area contributed by atoms with Crippen LogP contribution in [0, 0.1) is 0 Å². The Kier molecular flexibility index (Phi) is 3.53. The van der Waals surface area contributed by atoms with E-state index < -0.39 is 0 Å². The maximum absolute atomic E-state index is 8.65. The van der Waals surface area contributed by atoms with Gasteiger partial charge in [-0.3, -0.25) is 0 Å². The summed E-state index contributed by atoms with van der Waals surface area (Å²) in [5.74, 6) is 0. The zero-order valence-corrected chi connectivity index (χ0v) is 7.46. The van der Waals surface area contributed by atoms with Crippen molar-refractivity contribution in [1.29, 1.82) is 0 Å². The zero-order chi connectivity index (χ0) is 8.97. The summed E-state index contributed by atoms with van der Waals surface area (Å²) in [6.45, 7) is 0.105. The van der Waals surface area contributed by atoms with E-state index in [9.17, 15) is 0 Å². The lowest BCUT2D eigenvalue weighted by Crippen LogP contribution is -2.11. The molecule has 3 heteroatoms. The summed E-state index contributed by atoms with van der Waals surface area (Å²) >= 11 is 5.77. The molecule has 0 unspecified atom stereocenters. The van der Waals surface area contributed by atoms with Crippen LogP contribution in [0.3, 0.4) is 0 Å². The predicted molar refractivity (Wildman–Crippen MR) is 50.1 cm³/mol.